The van der Waals surface area contributed by atoms with E-state index >= 15 is 0 Å². The summed E-state index contributed by atoms with van der Waals surface area (Å²) in [6, 6.07) is 8.84. The molecule has 72 valence electrons. The summed E-state index contributed by atoms with van der Waals surface area (Å²) in [4.78, 5) is 0. The van der Waals surface area contributed by atoms with E-state index in [1.165, 1.54) is 12.0 Å². The van der Waals surface area contributed by atoms with E-state index in [2.05, 4.69) is 17.4 Å². The Morgan fingerprint density at radius 2 is 1.92 bits per heavy atom. The Morgan fingerprint density at radius 3 is 2.31 bits per heavy atom. The lowest BCUT2D eigenvalue weighted by molar-refractivity contribution is 0.381. The highest BCUT2D eigenvalue weighted by Gasteiger charge is 2.17. The van der Waals surface area contributed by atoms with Crippen LogP contribution in [0.5, 0.6) is 5.75 Å². The van der Waals surface area contributed by atoms with Crippen LogP contribution in [-0.2, 0) is 0 Å². The average Bonchev–Trinajstić information content (AvgIpc) is 2.03. The van der Waals surface area contributed by atoms with E-state index in [9.17, 15) is 0 Å². The first kappa shape index (κ1) is 10.4. The highest BCUT2D eigenvalue weighted by molar-refractivity contribution is 5.85. The molecule has 0 radical (unpaired) electrons. The lowest BCUT2D eigenvalue weighted by atomic mass is 9.98. The van der Waals surface area contributed by atoms with Gasteiger partial charge in [0.15, 0.2) is 0 Å². The van der Waals surface area contributed by atoms with Crippen LogP contribution < -0.4 is 10.1 Å². The summed E-state index contributed by atoms with van der Waals surface area (Å²) < 4.78 is 5.08. The van der Waals surface area contributed by atoms with Crippen LogP contribution >= 0.6 is 12.4 Å². The van der Waals surface area contributed by atoms with Crippen molar-refractivity contribution < 1.29 is 4.74 Å². The molecular formula is C10H14ClNO. The average molecular weight is 200 g/mol. The summed E-state index contributed by atoms with van der Waals surface area (Å²) in [6.07, 6.45) is 1.26. The number of nitrogens with one attached hydrogen (secondary N) is 1. The van der Waals surface area contributed by atoms with Crippen molar-refractivity contribution in [3.05, 3.63) is 29.8 Å². The van der Waals surface area contributed by atoms with Gasteiger partial charge in [0.1, 0.15) is 5.75 Å². The van der Waals surface area contributed by atoms with Gasteiger partial charge in [-0.2, -0.15) is 0 Å². The molecule has 0 aliphatic carbocycles. The van der Waals surface area contributed by atoms with Gasteiger partial charge in [-0.15, -0.1) is 12.4 Å². The van der Waals surface area contributed by atoms with Crippen molar-refractivity contribution in [2.24, 2.45) is 0 Å². The molecule has 0 aromatic heterocycles. The standard InChI is InChI=1S/C10H13NO.ClH/c1-12-9-4-2-8(3-5-9)10-6-7-11-10;/h2-5,10-11H,6-7H2,1H3;1H. The van der Waals surface area contributed by atoms with Crippen LogP contribution in [0.25, 0.3) is 0 Å². The predicted molar refractivity (Wildman–Crippen MR) is 55.6 cm³/mol. The lowest BCUT2D eigenvalue weighted by Crippen LogP contribution is -2.34. The van der Waals surface area contributed by atoms with Crippen molar-refractivity contribution in [2.45, 2.75) is 12.5 Å². The van der Waals surface area contributed by atoms with E-state index in [-0.39, 0.29) is 12.4 Å². The van der Waals surface area contributed by atoms with E-state index in [0.29, 0.717) is 6.04 Å². The van der Waals surface area contributed by atoms with Gasteiger partial charge < -0.3 is 10.1 Å². The van der Waals surface area contributed by atoms with Crippen LogP contribution in [0, 0.1) is 0 Å². The van der Waals surface area contributed by atoms with Crippen molar-refractivity contribution in [2.75, 3.05) is 13.7 Å². The topological polar surface area (TPSA) is 21.3 Å². The third kappa shape index (κ3) is 2.14. The molecule has 0 bridgehead atoms. The molecule has 1 heterocycles. The van der Waals surface area contributed by atoms with Crippen molar-refractivity contribution in [3.63, 3.8) is 0 Å². The Kier molecular flexibility index (Phi) is 3.58. The highest BCUT2D eigenvalue weighted by atomic mass is 35.5. The molecule has 1 aromatic rings. The first-order valence-corrected chi connectivity index (χ1v) is 4.27. The molecule has 0 saturated carbocycles. The highest BCUT2D eigenvalue weighted by Crippen LogP contribution is 2.24. The molecule has 1 aromatic carbocycles. The minimum atomic E-state index is 0. The van der Waals surface area contributed by atoms with Crippen LogP contribution in [0.2, 0.25) is 0 Å². The predicted octanol–water partition coefficient (Wildman–Crippen LogP) is 2.15. The minimum absolute atomic E-state index is 0. The third-order valence-corrected chi connectivity index (χ3v) is 2.34. The molecule has 3 heteroatoms. The summed E-state index contributed by atoms with van der Waals surface area (Å²) in [5.74, 6) is 0.929. The number of rotatable bonds is 2. The Hall–Kier alpha value is -0.730. The largest absolute Gasteiger partial charge is 0.497 e. The van der Waals surface area contributed by atoms with Gasteiger partial charge in [0.05, 0.1) is 7.11 Å². The first-order chi connectivity index (χ1) is 5.90. The molecule has 1 atom stereocenters. The smallest absolute Gasteiger partial charge is 0.118 e. The van der Waals surface area contributed by atoms with Gasteiger partial charge in [0.2, 0.25) is 0 Å². The van der Waals surface area contributed by atoms with E-state index in [1.807, 2.05) is 12.1 Å². The number of hydrogen-bond donors (Lipinski definition) is 1. The zero-order chi connectivity index (χ0) is 8.39. The Labute approximate surface area is 84.7 Å². The van der Waals surface area contributed by atoms with Crippen molar-refractivity contribution in [3.8, 4) is 5.75 Å². The van der Waals surface area contributed by atoms with E-state index in [0.717, 1.165) is 12.3 Å². The van der Waals surface area contributed by atoms with Gasteiger partial charge in [0, 0.05) is 6.04 Å². The van der Waals surface area contributed by atoms with Gasteiger partial charge in [-0.05, 0) is 30.7 Å². The quantitative estimate of drug-likeness (QED) is 0.788. The third-order valence-electron chi connectivity index (χ3n) is 2.34. The summed E-state index contributed by atoms with van der Waals surface area (Å²) in [6.45, 7) is 1.15. The SMILES string of the molecule is COc1ccc(C2CCN2)cc1.Cl. The van der Waals surface area contributed by atoms with Crippen LogP contribution in [-0.4, -0.2) is 13.7 Å². The second kappa shape index (κ2) is 4.49. The second-order valence-corrected chi connectivity index (χ2v) is 3.07. The Balaban J connectivity index is 0.000000845. The number of hydrogen-bond acceptors (Lipinski definition) is 2. The lowest BCUT2D eigenvalue weighted by Gasteiger charge is -2.27. The maximum Gasteiger partial charge on any atom is 0.118 e. The Bertz CT molecular complexity index is 256. The fourth-order valence-corrected chi connectivity index (χ4v) is 1.41. The molecular weight excluding hydrogens is 186 g/mol. The molecule has 2 nitrogen and oxygen atoms in total. The number of methoxy groups -OCH3 is 1. The van der Waals surface area contributed by atoms with Crippen molar-refractivity contribution in [1.29, 1.82) is 0 Å². The van der Waals surface area contributed by atoms with Crippen LogP contribution in [0.1, 0.15) is 18.0 Å². The van der Waals surface area contributed by atoms with Gasteiger partial charge in [0.25, 0.3) is 0 Å². The first-order valence-electron chi connectivity index (χ1n) is 4.27. The molecule has 1 fully saturated rings. The maximum absolute atomic E-state index is 5.08. The van der Waals surface area contributed by atoms with Gasteiger partial charge in [-0.3, -0.25) is 0 Å². The van der Waals surface area contributed by atoms with Crippen LogP contribution in [0.15, 0.2) is 24.3 Å². The fourth-order valence-electron chi connectivity index (χ4n) is 1.41. The number of halogens is 1. The molecule has 1 unspecified atom stereocenters. The number of ether oxygens (including phenoxy) is 1. The van der Waals surface area contributed by atoms with Crippen molar-refractivity contribution >= 4 is 12.4 Å². The van der Waals surface area contributed by atoms with Gasteiger partial charge in [-0.25, -0.2) is 0 Å². The molecule has 1 saturated heterocycles. The monoisotopic (exact) mass is 199 g/mol. The van der Waals surface area contributed by atoms with E-state index in [4.69, 9.17) is 4.74 Å². The van der Waals surface area contributed by atoms with E-state index < -0.39 is 0 Å². The zero-order valence-electron chi connectivity index (χ0n) is 7.62. The molecule has 13 heavy (non-hydrogen) atoms. The van der Waals surface area contributed by atoms with Gasteiger partial charge in [-0.1, -0.05) is 12.1 Å². The molecule has 2 rings (SSSR count). The van der Waals surface area contributed by atoms with Gasteiger partial charge >= 0.3 is 0 Å². The second-order valence-electron chi connectivity index (χ2n) is 3.07. The Morgan fingerprint density at radius 1 is 1.31 bits per heavy atom. The van der Waals surface area contributed by atoms with Crippen LogP contribution in [0.4, 0.5) is 0 Å². The summed E-state index contributed by atoms with van der Waals surface area (Å²) in [7, 11) is 1.69. The summed E-state index contributed by atoms with van der Waals surface area (Å²) >= 11 is 0. The molecule has 0 spiro atoms. The molecule has 1 aliphatic heterocycles. The fraction of sp³-hybridized carbons (Fsp3) is 0.400. The number of benzene rings is 1. The molecule has 1 aliphatic rings. The maximum atomic E-state index is 5.08. The van der Waals surface area contributed by atoms with E-state index in [1.54, 1.807) is 7.11 Å². The molecule has 1 N–H and O–H groups in total. The normalized spacial score (nSPS) is 19.9. The van der Waals surface area contributed by atoms with Crippen LogP contribution in [0.3, 0.4) is 0 Å². The summed E-state index contributed by atoms with van der Waals surface area (Å²) in [5, 5.41) is 3.36. The minimum Gasteiger partial charge on any atom is -0.497 e. The molecule has 0 amide bonds. The zero-order valence-corrected chi connectivity index (χ0v) is 8.43. The van der Waals surface area contributed by atoms with Crippen molar-refractivity contribution in [1.82, 2.24) is 5.32 Å². The summed E-state index contributed by atoms with van der Waals surface area (Å²) in [5.41, 5.74) is 1.36.